The van der Waals surface area contributed by atoms with Gasteiger partial charge in [0, 0.05) is 6.54 Å². The molecular weight excluding hydrogens is 387 g/mol. The number of amides is 1. The van der Waals surface area contributed by atoms with E-state index in [0.717, 1.165) is 23.9 Å². The van der Waals surface area contributed by atoms with Crippen molar-refractivity contribution in [2.45, 2.75) is 17.9 Å². The summed E-state index contributed by atoms with van der Waals surface area (Å²) in [6, 6.07) is 6.49. The minimum absolute atomic E-state index is 0.0163. The van der Waals surface area contributed by atoms with Crippen molar-refractivity contribution in [2.75, 3.05) is 5.75 Å². The van der Waals surface area contributed by atoms with Crippen LogP contribution >= 0.6 is 23.1 Å². The van der Waals surface area contributed by atoms with Crippen molar-refractivity contribution >= 4 is 39.2 Å². The molecule has 0 spiro atoms. The summed E-state index contributed by atoms with van der Waals surface area (Å²) in [7, 11) is 0. The number of nitrogens with one attached hydrogen (secondary N) is 2. The first-order chi connectivity index (χ1) is 12.3. The number of carbonyl (C=O) groups excluding carboxylic acids is 1. The molecule has 0 saturated carbocycles. The first-order valence-electron chi connectivity index (χ1n) is 7.36. The smallest absolute Gasteiger partial charge is 0.351 e. The molecule has 10 heteroatoms. The number of aromatic nitrogens is 2. The highest BCUT2D eigenvalue weighted by atomic mass is 32.2. The second-order valence-corrected chi connectivity index (χ2v) is 7.15. The van der Waals surface area contributed by atoms with E-state index in [9.17, 15) is 22.8 Å². The molecule has 0 aliphatic heterocycles. The molecule has 0 aliphatic carbocycles. The van der Waals surface area contributed by atoms with Gasteiger partial charge in [-0.2, -0.15) is 13.2 Å². The fourth-order valence-corrected chi connectivity index (χ4v) is 3.59. The van der Waals surface area contributed by atoms with Crippen LogP contribution in [0, 0.1) is 0 Å². The summed E-state index contributed by atoms with van der Waals surface area (Å²) >= 11 is 2.33. The molecule has 0 fully saturated rings. The standard InChI is InChI=1S/C16H12F3N3O2S2/c17-16(18,19)10-3-1-2-9(6-10)7-20-12(23)8-26-15-21-11-4-5-25-13(11)14(24)22-15/h1-6H,7-8H2,(H,20,23)(H,21,22,24). The van der Waals surface area contributed by atoms with Crippen molar-refractivity contribution in [2.24, 2.45) is 0 Å². The Kier molecular flexibility index (Phi) is 5.33. The molecule has 1 aromatic carbocycles. The number of benzene rings is 1. The predicted octanol–water partition coefficient (Wildman–Crippen LogP) is 3.41. The molecule has 2 N–H and O–H groups in total. The first-order valence-corrected chi connectivity index (χ1v) is 9.22. The third kappa shape index (κ3) is 4.44. The lowest BCUT2D eigenvalue weighted by molar-refractivity contribution is -0.137. The molecule has 136 valence electrons. The van der Waals surface area contributed by atoms with E-state index in [1.807, 2.05) is 0 Å². The summed E-state index contributed by atoms with van der Waals surface area (Å²) in [6.45, 7) is -0.0170. The van der Waals surface area contributed by atoms with E-state index < -0.39 is 11.7 Å². The zero-order valence-electron chi connectivity index (χ0n) is 13.1. The second kappa shape index (κ2) is 7.50. The summed E-state index contributed by atoms with van der Waals surface area (Å²) in [4.78, 5) is 30.6. The first kappa shape index (κ1) is 18.5. The summed E-state index contributed by atoms with van der Waals surface area (Å²) < 4.78 is 38.5. The topological polar surface area (TPSA) is 74.8 Å². The molecule has 26 heavy (non-hydrogen) atoms. The zero-order valence-corrected chi connectivity index (χ0v) is 14.7. The van der Waals surface area contributed by atoms with Crippen molar-refractivity contribution in [3.63, 3.8) is 0 Å². The number of fused-ring (bicyclic) bond motifs is 1. The van der Waals surface area contributed by atoms with Gasteiger partial charge in [0.25, 0.3) is 5.56 Å². The summed E-state index contributed by atoms with van der Waals surface area (Å²) in [5, 5.41) is 4.62. The molecule has 2 aromatic heterocycles. The van der Waals surface area contributed by atoms with Crippen LogP contribution in [0.2, 0.25) is 0 Å². The summed E-state index contributed by atoms with van der Waals surface area (Å²) in [5.41, 5.74) is -0.114. The lowest BCUT2D eigenvalue weighted by Gasteiger charge is -2.09. The molecule has 0 atom stereocenters. The average molecular weight is 399 g/mol. The highest BCUT2D eigenvalue weighted by Crippen LogP contribution is 2.29. The van der Waals surface area contributed by atoms with Gasteiger partial charge in [-0.15, -0.1) is 11.3 Å². The van der Waals surface area contributed by atoms with Crippen LogP contribution in [0.15, 0.2) is 45.7 Å². The minimum Gasteiger partial charge on any atom is -0.351 e. The third-order valence-corrected chi connectivity index (χ3v) is 5.15. The molecule has 3 aromatic rings. The molecular formula is C16H12F3N3O2S2. The highest BCUT2D eigenvalue weighted by Gasteiger charge is 2.30. The Morgan fingerprint density at radius 1 is 1.31 bits per heavy atom. The fourth-order valence-electron chi connectivity index (χ4n) is 2.16. The van der Waals surface area contributed by atoms with Crippen molar-refractivity contribution in [3.05, 3.63) is 57.2 Å². The SMILES string of the molecule is O=C(CSc1nc2ccsc2c(=O)[nH]1)NCc1cccc(C(F)(F)F)c1. The van der Waals surface area contributed by atoms with Crippen LogP contribution in [-0.4, -0.2) is 21.6 Å². The number of halogens is 3. The Bertz CT molecular complexity index is 998. The van der Waals surface area contributed by atoms with Crippen molar-refractivity contribution < 1.29 is 18.0 Å². The monoisotopic (exact) mass is 399 g/mol. The Balaban J connectivity index is 1.56. The van der Waals surface area contributed by atoms with Crippen LogP contribution in [0.25, 0.3) is 10.2 Å². The zero-order chi connectivity index (χ0) is 18.7. The van der Waals surface area contributed by atoms with Gasteiger partial charge in [-0.3, -0.25) is 9.59 Å². The van der Waals surface area contributed by atoms with Crippen LogP contribution in [-0.2, 0) is 17.5 Å². The summed E-state index contributed by atoms with van der Waals surface area (Å²) in [5.74, 6) is -0.391. The Morgan fingerprint density at radius 2 is 2.12 bits per heavy atom. The largest absolute Gasteiger partial charge is 0.416 e. The van der Waals surface area contributed by atoms with Crippen LogP contribution in [0.1, 0.15) is 11.1 Å². The van der Waals surface area contributed by atoms with E-state index in [0.29, 0.717) is 20.9 Å². The number of H-pyrrole nitrogens is 1. The van der Waals surface area contributed by atoms with E-state index in [1.165, 1.54) is 23.5 Å². The lowest BCUT2D eigenvalue weighted by atomic mass is 10.1. The number of carbonyl (C=O) groups is 1. The van der Waals surface area contributed by atoms with Crippen LogP contribution < -0.4 is 10.9 Å². The number of nitrogens with zero attached hydrogens (tertiary/aromatic N) is 1. The highest BCUT2D eigenvalue weighted by molar-refractivity contribution is 7.99. The predicted molar refractivity (Wildman–Crippen MR) is 94.3 cm³/mol. The van der Waals surface area contributed by atoms with Gasteiger partial charge >= 0.3 is 6.18 Å². The van der Waals surface area contributed by atoms with Crippen LogP contribution in [0.5, 0.6) is 0 Å². The fraction of sp³-hybridized carbons (Fsp3) is 0.188. The van der Waals surface area contributed by atoms with Crippen molar-refractivity contribution in [1.29, 1.82) is 0 Å². The van der Waals surface area contributed by atoms with Crippen LogP contribution in [0.4, 0.5) is 13.2 Å². The van der Waals surface area contributed by atoms with Crippen LogP contribution in [0.3, 0.4) is 0 Å². The van der Waals surface area contributed by atoms with E-state index in [1.54, 1.807) is 11.4 Å². The van der Waals surface area contributed by atoms with Gasteiger partial charge in [-0.1, -0.05) is 23.9 Å². The van der Waals surface area contributed by atoms with E-state index in [-0.39, 0.29) is 23.8 Å². The maximum Gasteiger partial charge on any atom is 0.416 e. The maximum atomic E-state index is 12.7. The number of rotatable bonds is 5. The number of hydrogen-bond acceptors (Lipinski definition) is 5. The third-order valence-electron chi connectivity index (χ3n) is 3.38. The number of thiophene rings is 1. The maximum absolute atomic E-state index is 12.7. The summed E-state index contributed by atoms with van der Waals surface area (Å²) in [6.07, 6.45) is -4.42. The molecule has 0 bridgehead atoms. The molecule has 0 aliphatic rings. The molecule has 2 heterocycles. The van der Waals surface area contributed by atoms with E-state index >= 15 is 0 Å². The molecule has 0 radical (unpaired) electrons. The minimum atomic E-state index is -4.42. The van der Waals surface area contributed by atoms with Crippen molar-refractivity contribution in [1.82, 2.24) is 15.3 Å². The molecule has 5 nitrogen and oxygen atoms in total. The Labute approximate surface area is 153 Å². The van der Waals surface area contributed by atoms with Gasteiger partial charge in [0.05, 0.1) is 16.8 Å². The van der Waals surface area contributed by atoms with E-state index in [2.05, 4.69) is 15.3 Å². The van der Waals surface area contributed by atoms with Gasteiger partial charge in [0.2, 0.25) is 5.91 Å². The number of thioether (sulfide) groups is 1. The second-order valence-electron chi connectivity index (χ2n) is 5.27. The molecule has 0 saturated heterocycles. The lowest BCUT2D eigenvalue weighted by Crippen LogP contribution is -2.25. The number of aromatic amines is 1. The number of hydrogen-bond donors (Lipinski definition) is 2. The van der Waals surface area contributed by atoms with Gasteiger partial charge in [0.1, 0.15) is 4.70 Å². The average Bonchev–Trinajstić information content (AvgIpc) is 3.07. The van der Waals surface area contributed by atoms with Gasteiger partial charge in [-0.05, 0) is 29.1 Å². The van der Waals surface area contributed by atoms with E-state index in [4.69, 9.17) is 0 Å². The quantitative estimate of drug-likeness (QED) is 0.509. The normalized spacial score (nSPS) is 11.7. The Hall–Kier alpha value is -2.33. The molecule has 0 unspecified atom stereocenters. The van der Waals surface area contributed by atoms with Gasteiger partial charge in [0.15, 0.2) is 5.16 Å². The van der Waals surface area contributed by atoms with Crippen molar-refractivity contribution in [3.8, 4) is 0 Å². The number of alkyl halides is 3. The van der Waals surface area contributed by atoms with Gasteiger partial charge < -0.3 is 10.3 Å². The molecule has 3 rings (SSSR count). The van der Waals surface area contributed by atoms with Gasteiger partial charge in [-0.25, -0.2) is 4.98 Å². The molecule has 1 amide bonds. The Morgan fingerprint density at radius 3 is 2.88 bits per heavy atom.